The number of carbonyl (C=O) groups is 4. The summed E-state index contributed by atoms with van der Waals surface area (Å²) in [7, 11) is 0. The molecule has 0 saturated carbocycles. The van der Waals surface area contributed by atoms with E-state index in [-0.39, 0.29) is 24.6 Å². The number of hydrogen-bond donors (Lipinski definition) is 0. The van der Waals surface area contributed by atoms with Crippen LogP contribution in [-0.4, -0.2) is 46.8 Å². The van der Waals surface area contributed by atoms with Gasteiger partial charge in [0.05, 0.1) is 35.4 Å². The Labute approximate surface area is 236 Å². The maximum atomic E-state index is 13.9. The summed E-state index contributed by atoms with van der Waals surface area (Å²) >= 11 is 8.19. The molecule has 2 amide bonds. The number of esters is 2. The van der Waals surface area contributed by atoms with Gasteiger partial charge in [-0.3, -0.25) is 23.7 Å². The Morgan fingerprint density at radius 1 is 0.923 bits per heavy atom. The van der Waals surface area contributed by atoms with Gasteiger partial charge < -0.3 is 9.47 Å². The van der Waals surface area contributed by atoms with E-state index in [4.69, 9.17) is 21.1 Å². The van der Waals surface area contributed by atoms with Gasteiger partial charge in [-0.05, 0) is 55.8 Å². The van der Waals surface area contributed by atoms with Gasteiger partial charge in [0, 0.05) is 15.8 Å². The molecular weight excluding hydrogens is 564 g/mol. The maximum absolute atomic E-state index is 13.9. The molecule has 3 unspecified atom stereocenters. The summed E-state index contributed by atoms with van der Waals surface area (Å²) in [6, 6.07) is 13.0. The lowest BCUT2D eigenvalue weighted by molar-refractivity contribution is -0.144. The molecule has 2 aliphatic rings. The Hall–Kier alpha value is -3.41. The summed E-state index contributed by atoms with van der Waals surface area (Å²) < 4.78 is 11.4. The summed E-state index contributed by atoms with van der Waals surface area (Å²) in [5.74, 6) is -3.32. The first kappa shape index (κ1) is 27.2. The van der Waals surface area contributed by atoms with E-state index in [2.05, 4.69) is 0 Å². The van der Waals surface area contributed by atoms with E-state index in [0.717, 1.165) is 33.6 Å². The number of nitrogens with zero attached hydrogens (tertiary/aromatic N) is 2. The summed E-state index contributed by atoms with van der Waals surface area (Å²) in [5, 5.41) is 0.142. The molecule has 1 fully saturated rings. The molecule has 9 nitrogen and oxygen atoms in total. The summed E-state index contributed by atoms with van der Waals surface area (Å²) in [5.41, 5.74) is 1.35. The molecule has 3 heterocycles. The third-order valence-corrected chi connectivity index (χ3v) is 9.36. The minimum absolute atomic E-state index is 0.169. The van der Waals surface area contributed by atoms with Crippen LogP contribution in [0.25, 0.3) is 0 Å². The highest BCUT2D eigenvalue weighted by molar-refractivity contribution is 8.00. The van der Waals surface area contributed by atoms with Crippen molar-refractivity contribution in [1.82, 2.24) is 4.57 Å². The molecule has 1 saturated heterocycles. The van der Waals surface area contributed by atoms with Gasteiger partial charge in [-0.25, -0.2) is 9.69 Å². The highest BCUT2D eigenvalue weighted by Crippen LogP contribution is 2.53. The van der Waals surface area contributed by atoms with Crippen molar-refractivity contribution in [2.45, 2.75) is 36.6 Å². The Balaban J connectivity index is 1.57. The number of ether oxygens (including phenoxy) is 2. The van der Waals surface area contributed by atoms with E-state index in [1.54, 1.807) is 38.1 Å². The number of benzene rings is 2. The Morgan fingerprint density at radius 2 is 1.59 bits per heavy atom. The first-order chi connectivity index (χ1) is 18.7. The topological polar surface area (TPSA) is 112 Å². The van der Waals surface area contributed by atoms with Crippen LogP contribution >= 0.6 is 34.7 Å². The molecule has 0 bridgehead atoms. The predicted octanol–water partition coefficient (Wildman–Crippen LogP) is 4.10. The number of hydrogen-bond acceptors (Lipinski definition) is 9. The number of rotatable bonds is 7. The van der Waals surface area contributed by atoms with Crippen LogP contribution < -0.4 is 9.77 Å². The lowest BCUT2D eigenvalue weighted by atomic mass is 9.83. The number of thiazole rings is 1. The zero-order valence-corrected chi connectivity index (χ0v) is 23.3. The molecule has 1 aromatic heterocycles. The van der Waals surface area contributed by atoms with Gasteiger partial charge in [0.15, 0.2) is 0 Å². The van der Waals surface area contributed by atoms with E-state index in [9.17, 15) is 24.0 Å². The van der Waals surface area contributed by atoms with Crippen molar-refractivity contribution in [2.24, 2.45) is 5.92 Å². The van der Waals surface area contributed by atoms with E-state index >= 15 is 0 Å². The van der Waals surface area contributed by atoms with Crippen molar-refractivity contribution in [3.63, 3.8) is 0 Å². The van der Waals surface area contributed by atoms with Crippen LogP contribution in [0.5, 0.6) is 0 Å². The quantitative estimate of drug-likeness (QED) is 0.300. The van der Waals surface area contributed by atoms with Gasteiger partial charge in [0.2, 0.25) is 11.8 Å². The Kier molecular flexibility index (Phi) is 7.66. The molecule has 2 aliphatic heterocycles. The lowest BCUT2D eigenvalue weighted by Crippen LogP contribution is -2.32. The van der Waals surface area contributed by atoms with Crippen LogP contribution in [0.4, 0.5) is 5.69 Å². The van der Waals surface area contributed by atoms with E-state index in [0.29, 0.717) is 26.2 Å². The number of carbonyl (C=O) groups excluding carboxylic acids is 4. The van der Waals surface area contributed by atoms with Crippen molar-refractivity contribution in [2.75, 3.05) is 18.1 Å². The molecule has 202 valence electrons. The van der Waals surface area contributed by atoms with Crippen molar-refractivity contribution in [3.05, 3.63) is 79.2 Å². The predicted molar refractivity (Wildman–Crippen MR) is 147 cm³/mol. The molecule has 3 aromatic rings. The number of imide groups is 1. The largest absolute Gasteiger partial charge is 0.465 e. The van der Waals surface area contributed by atoms with Crippen LogP contribution in [0.15, 0.2) is 58.4 Å². The van der Waals surface area contributed by atoms with Crippen LogP contribution in [0.1, 0.15) is 40.6 Å². The van der Waals surface area contributed by atoms with Gasteiger partial charge >= 0.3 is 16.8 Å². The minimum Gasteiger partial charge on any atom is -0.465 e. The maximum Gasteiger partial charge on any atom is 0.338 e. The van der Waals surface area contributed by atoms with E-state index in [1.165, 1.54) is 28.8 Å². The standard InChI is InChI=1S/C27H23ClN2O7S2/c1-3-36-18(31)13-29-25-22(39-27(29)35)19(14-5-9-16(28)10-6-14)20-21(38-25)24(33)30(23(20)32)17-11-7-15(8-12-17)26(34)37-4-2/h5-12,19-21H,3-4,13H2,1-2H3. The highest BCUT2D eigenvalue weighted by Gasteiger charge is 2.56. The molecule has 12 heteroatoms. The van der Waals surface area contributed by atoms with Crippen molar-refractivity contribution in [3.8, 4) is 0 Å². The fourth-order valence-electron chi connectivity index (χ4n) is 4.84. The number of amides is 2. The van der Waals surface area contributed by atoms with Gasteiger partial charge in [0.1, 0.15) is 11.8 Å². The van der Waals surface area contributed by atoms with Gasteiger partial charge in [0.25, 0.3) is 0 Å². The zero-order chi connectivity index (χ0) is 27.8. The van der Waals surface area contributed by atoms with Gasteiger partial charge in [-0.15, -0.1) is 0 Å². The normalized spacial score (nSPS) is 20.0. The van der Waals surface area contributed by atoms with Crippen molar-refractivity contribution < 1.29 is 28.7 Å². The van der Waals surface area contributed by atoms with Gasteiger partial charge in [-0.1, -0.05) is 46.8 Å². The first-order valence-electron chi connectivity index (χ1n) is 12.2. The summed E-state index contributed by atoms with van der Waals surface area (Å²) in [4.78, 5) is 66.4. The second kappa shape index (κ2) is 11.0. The second-order valence-corrected chi connectivity index (χ2v) is 11.4. The minimum atomic E-state index is -0.835. The van der Waals surface area contributed by atoms with Crippen LogP contribution in [0.2, 0.25) is 5.02 Å². The lowest BCUT2D eigenvalue weighted by Gasteiger charge is -2.30. The molecule has 0 radical (unpaired) electrons. The van der Waals surface area contributed by atoms with E-state index in [1.807, 2.05) is 0 Å². The molecule has 0 spiro atoms. The Bertz CT molecular complexity index is 1510. The van der Waals surface area contributed by atoms with Crippen LogP contribution in [-0.2, 0) is 30.4 Å². The molecular formula is C27H23ClN2O7S2. The average molecular weight is 587 g/mol. The third-order valence-electron chi connectivity index (χ3n) is 6.51. The van der Waals surface area contributed by atoms with Crippen molar-refractivity contribution >= 4 is 64.1 Å². The first-order valence-corrected chi connectivity index (χ1v) is 14.3. The number of halogens is 1. The molecule has 0 aliphatic carbocycles. The van der Waals surface area contributed by atoms with Crippen molar-refractivity contribution in [1.29, 1.82) is 0 Å². The smallest absolute Gasteiger partial charge is 0.338 e. The van der Waals surface area contributed by atoms with Gasteiger partial charge in [-0.2, -0.15) is 0 Å². The number of fused-ring (bicyclic) bond motifs is 2. The molecule has 5 rings (SSSR count). The average Bonchev–Trinajstić information content (AvgIpc) is 3.36. The fourth-order valence-corrected chi connectivity index (χ4v) is 7.73. The third kappa shape index (κ3) is 4.90. The van der Waals surface area contributed by atoms with Crippen LogP contribution in [0.3, 0.4) is 0 Å². The molecule has 3 atom stereocenters. The number of anilines is 1. The molecule has 39 heavy (non-hydrogen) atoms. The molecule has 0 N–H and O–H groups in total. The summed E-state index contributed by atoms with van der Waals surface area (Å²) in [6.45, 7) is 3.48. The molecule has 2 aromatic carbocycles. The number of aromatic nitrogens is 1. The highest BCUT2D eigenvalue weighted by atomic mass is 35.5. The Morgan fingerprint density at radius 3 is 2.23 bits per heavy atom. The zero-order valence-electron chi connectivity index (χ0n) is 20.9. The second-order valence-electron chi connectivity index (χ2n) is 8.80. The monoisotopic (exact) mass is 586 g/mol. The van der Waals surface area contributed by atoms with Crippen LogP contribution in [0, 0.1) is 5.92 Å². The summed E-state index contributed by atoms with van der Waals surface area (Å²) in [6.07, 6.45) is 0. The SMILES string of the molecule is CCOC(=O)Cn1c2c(sc1=O)C(c1ccc(Cl)cc1)C1C(=O)N(c3ccc(C(=O)OCC)cc3)C(=O)C1S2. The van der Waals surface area contributed by atoms with E-state index < -0.39 is 40.8 Å². The number of thioether (sulfide) groups is 1. The fraction of sp³-hybridized carbons (Fsp3) is 0.296.